The van der Waals surface area contributed by atoms with E-state index in [0.29, 0.717) is 17.9 Å². The molecule has 106 valence electrons. The van der Waals surface area contributed by atoms with Crippen molar-refractivity contribution in [2.75, 3.05) is 13.1 Å². The summed E-state index contributed by atoms with van der Waals surface area (Å²) in [6, 6.07) is 5.65. The van der Waals surface area contributed by atoms with Gasteiger partial charge in [-0.1, -0.05) is 5.16 Å². The number of nitrogens with zero attached hydrogens (tertiary/aromatic N) is 4. The van der Waals surface area contributed by atoms with Gasteiger partial charge in [-0.3, -0.25) is 4.79 Å². The Bertz CT molecular complexity index is 783. The number of carbonyl (C=O) groups excluding carboxylic acids is 1. The summed E-state index contributed by atoms with van der Waals surface area (Å²) < 4.78 is 5.81. The van der Waals surface area contributed by atoms with Gasteiger partial charge in [-0.25, -0.2) is 4.98 Å². The first-order chi connectivity index (χ1) is 10.3. The van der Waals surface area contributed by atoms with Crippen molar-refractivity contribution in [2.45, 2.75) is 12.3 Å². The molecule has 1 aromatic carbocycles. The molecule has 0 spiro atoms. The van der Waals surface area contributed by atoms with Crippen LogP contribution >= 0.6 is 11.3 Å². The van der Waals surface area contributed by atoms with E-state index < -0.39 is 0 Å². The molecule has 1 fully saturated rings. The maximum atomic E-state index is 12.6. The van der Waals surface area contributed by atoms with Crippen molar-refractivity contribution in [2.24, 2.45) is 0 Å². The summed E-state index contributed by atoms with van der Waals surface area (Å²) in [6.07, 6.45) is 2.20. The van der Waals surface area contributed by atoms with E-state index in [4.69, 9.17) is 4.52 Å². The van der Waals surface area contributed by atoms with Crippen LogP contribution in [-0.2, 0) is 0 Å². The number of rotatable bonds is 2. The molecule has 0 aliphatic carbocycles. The molecule has 0 N–H and O–H groups in total. The summed E-state index contributed by atoms with van der Waals surface area (Å²) in [5.74, 6) is 0.902. The molecule has 0 saturated carbocycles. The van der Waals surface area contributed by atoms with Crippen LogP contribution in [0.5, 0.6) is 0 Å². The zero-order valence-electron chi connectivity index (χ0n) is 11.1. The van der Waals surface area contributed by atoms with Gasteiger partial charge in [0.05, 0.1) is 15.7 Å². The molecule has 0 radical (unpaired) electrons. The fourth-order valence-electron chi connectivity index (χ4n) is 2.68. The molecule has 4 rings (SSSR count). The Morgan fingerprint density at radius 1 is 1.38 bits per heavy atom. The van der Waals surface area contributed by atoms with E-state index in [1.165, 1.54) is 6.39 Å². The fraction of sp³-hybridized carbons (Fsp3) is 0.286. The number of aromatic nitrogens is 3. The van der Waals surface area contributed by atoms with Crippen LogP contribution in [0.3, 0.4) is 0 Å². The highest BCUT2D eigenvalue weighted by Gasteiger charge is 2.30. The molecule has 3 aromatic rings. The zero-order chi connectivity index (χ0) is 14.2. The lowest BCUT2D eigenvalue weighted by molar-refractivity contribution is 0.0790. The van der Waals surface area contributed by atoms with Gasteiger partial charge in [0, 0.05) is 24.6 Å². The first-order valence-corrected chi connectivity index (χ1v) is 7.58. The van der Waals surface area contributed by atoms with Crippen LogP contribution in [0.1, 0.15) is 28.5 Å². The van der Waals surface area contributed by atoms with Crippen LogP contribution in [-0.4, -0.2) is 39.0 Å². The maximum absolute atomic E-state index is 12.6. The molecule has 2 aromatic heterocycles. The quantitative estimate of drug-likeness (QED) is 0.726. The second-order valence-corrected chi connectivity index (χ2v) is 5.95. The van der Waals surface area contributed by atoms with Crippen LogP contribution in [0.2, 0.25) is 0 Å². The lowest BCUT2D eigenvalue weighted by atomic mass is 10.1. The Labute approximate surface area is 124 Å². The summed E-state index contributed by atoms with van der Waals surface area (Å²) in [7, 11) is 0. The minimum absolute atomic E-state index is 0.0521. The Hall–Kier alpha value is -2.28. The van der Waals surface area contributed by atoms with Crippen molar-refractivity contribution >= 4 is 27.5 Å². The highest BCUT2D eigenvalue weighted by Crippen LogP contribution is 2.27. The summed E-state index contributed by atoms with van der Waals surface area (Å²) in [6.45, 7) is 1.36. The minimum Gasteiger partial charge on any atom is -0.343 e. The third-order valence-electron chi connectivity index (χ3n) is 3.80. The summed E-state index contributed by atoms with van der Waals surface area (Å²) >= 11 is 1.55. The number of benzene rings is 1. The normalized spacial score (nSPS) is 18.5. The van der Waals surface area contributed by atoms with Gasteiger partial charge in [0.1, 0.15) is 0 Å². The molecular weight excluding hydrogens is 288 g/mol. The third kappa shape index (κ3) is 2.19. The molecule has 0 bridgehead atoms. The number of hydrogen-bond donors (Lipinski definition) is 0. The van der Waals surface area contributed by atoms with Gasteiger partial charge in [0.2, 0.25) is 6.39 Å². The van der Waals surface area contributed by atoms with Gasteiger partial charge in [0.15, 0.2) is 5.82 Å². The van der Waals surface area contributed by atoms with E-state index in [1.54, 1.807) is 16.8 Å². The van der Waals surface area contributed by atoms with Gasteiger partial charge in [-0.05, 0) is 24.6 Å². The highest BCUT2D eigenvalue weighted by atomic mass is 32.1. The van der Waals surface area contributed by atoms with Crippen molar-refractivity contribution in [3.8, 4) is 0 Å². The van der Waals surface area contributed by atoms with Gasteiger partial charge < -0.3 is 9.42 Å². The lowest BCUT2D eigenvalue weighted by Gasteiger charge is -2.15. The predicted molar refractivity (Wildman–Crippen MR) is 77.2 cm³/mol. The van der Waals surface area contributed by atoms with Gasteiger partial charge in [0.25, 0.3) is 5.91 Å². The van der Waals surface area contributed by atoms with Crippen molar-refractivity contribution < 1.29 is 9.32 Å². The predicted octanol–water partition coefficient (Wildman–Crippen LogP) is 2.31. The number of hydrogen-bond acceptors (Lipinski definition) is 6. The molecule has 6 nitrogen and oxygen atoms in total. The first-order valence-electron chi connectivity index (χ1n) is 6.70. The SMILES string of the molecule is O=C(c1ccc2ncsc2c1)N1CCC(c2ncon2)C1. The van der Waals surface area contributed by atoms with Gasteiger partial charge in [-0.2, -0.15) is 4.98 Å². The lowest BCUT2D eigenvalue weighted by Crippen LogP contribution is -2.28. The molecule has 1 atom stereocenters. The van der Waals surface area contributed by atoms with Crippen LogP contribution in [0.4, 0.5) is 0 Å². The molecular formula is C14H12N4O2S. The number of likely N-dealkylation sites (tertiary alicyclic amines) is 1. The third-order valence-corrected chi connectivity index (χ3v) is 4.59. The summed E-state index contributed by atoms with van der Waals surface area (Å²) in [5.41, 5.74) is 3.43. The Morgan fingerprint density at radius 3 is 3.19 bits per heavy atom. The number of amides is 1. The summed E-state index contributed by atoms with van der Waals surface area (Å²) in [5, 5.41) is 3.87. The number of thiazole rings is 1. The first kappa shape index (κ1) is 12.5. The van der Waals surface area contributed by atoms with E-state index in [9.17, 15) is 4.79 Å². The summed E-state index contributed by atoms with van der Waals surface area (Å²) in [4.78, 5) is 22.7. The second kappa shape index (κ2) is 4.92. The molecule has 1 unspecified atom stereocenters. The average molecular weight is 300 g/mol. The van der Waals surface area contributed by atoms with Gasteiger partial charge >= 0.3 is 0 Å². The van der Waals surface area contributed by atoms with E-state index in [-0.39, 0.29) is 11.8 Å². The topological polar surface area (TPSA) is 72.1 Å². The van der Waals surface area contributed by atoms with Crippen LogP contribution in [0.25, 0.3) is 10.2 Å². The molecule has 21 heavy (non-hydrogen) atoms. The largest absolute Gasteiger partial charge is 0.343 e. The fourth-order valence-corrected chi connectivity index (χ4v) is 3.40. The monoisotopic (exact) mass is 300 g/mol. The molecule has 3 heterocycles. The minimum atomic E-state index is 0.0521. The molecule has 1 aliphatic heterocycles. The second-order valence-electron chi connectivity index (χ2n) is 5.06. The molecule has 1 aliphatic rings. The zero-order valence-corrected chi connectivity index (χ0v) is 11.9. The highest BCUT2D eigenvalue weighted by molar-refractivity contribution is 7.16. The van der Waals surface area contributed by atoms with Crippen molar-refractivity contribution in [1.29, 1.82) is 0 Å². The Kier molecular flexibility index (Phi) is 2.92. The molecule has 7 heteroatoms. The van der Waals surface area contributed by atoms with Crippen LogP contribution in [0, 0.1) is 0 Å². The van der Waals surface area contributed by atoms with Crippen molar-refractivity contribution in [1.82, 2.24) is 20.0 Å². The van der Waals surface area contributed by atoms with E-state index >= 15 is 0 Å². The standard InChI is InChI=1S/C14H12N4O2S/c19-14(9-1-2-11-12(5-9)21-8-16-11)18-4-3-10(6-18)13-15-7-20-17-13/h1-2,5,7-8,10H,3-4,6H2. The van der Waals surface area contributed by atoms with E-state index in [1.807, 2.05) is 23.1 Å². The van der Waals surface area contributed by atoms with Crippen LogP contribution in [0.15, 0.2) is 34.6 Å². The number of carbonyl (C=O) groups is 1. The van der Waals surface area contributed by atoms with Crippen LogP contribution < -0.4 is 0 Å². The van der Waals surface area contributed by atoms with Crippen molar-refractivity contribution in [3.63, 3.8) is 0 Å². The maximum Gasteiger partial charge on any atom is 0.253 e. The Morgan fingerprint density at radius 2 is 2.33 bits per heavy atom. The molecule has 1 amide bonds. The molecule has 1 saturated heterocycles. The van der Waals surface area contributed by atoms with E-state index in [0.717, 1.165) is 23.2 Å². The van der Waals surface area contributed by atoms with Gasteiger partial charge in [-0.15, -0.1) is 11.3 Å². The Balaban J connectivity index is 1.55. The van der Waals surface area contributed by atoms with Crippen molar-refractivity contribution in [3.05, 3.63) is 41.5 Å². The average Bonchev–Trinajstić information content (AvgIpc) is 3.24. The van der Waals surface area contributed by atoms with E-state index in [2.05, 4.69) is 15.1 Å². The number of fused-ring (bicyclic) bond motifs is 1. The smallest absolute Gasteiger partial charge is 0.253 e.